The van der Waals surface area contributed by atoms with E-state index in [0.29, 0.717) is 45.9 Å². The second-order valence-corrected chi connectivity index (χ2v) is 10.3. The van der Waals surface area contributed by atoms with Gasteiger partial charge in [0.25, 0.3) is 0 Å². The number of benzene rings is 4. The van der Waals surface area contributed by atoms with Crippen LogP contribution in [0.1, 0.15) is 0 Å². The van der Waals surface area contributed by atoms with Gasteiger partial charge in [0.2, 0.25) is 0 Å². The Bertz CT molecular complexity index is 2240. The number of H-pyrrole nitrogens is 1. The fraction of sp³-hybridized carbons (Fsp3) is 0. The van der Waals surface area contributed by atoms with Crippen molar-refractivity contribution in [2.45, 2.75) is 0 Å². The highest BCUT2D eigenvalue weighted by Crippen LogP contribution is 2.37. The lowest BCUT2D eigenvalue weighted by Gasteiger charge is -1.98. The average Bonchev–Trinajstić information content (AvgIpc) is 3.72. The van der Waals surface area contributed by atoms with Crippen molar-refractivity contribution in [3.8, 4) is 45.6 Å². The first-order valence-electron chi connectivity index (χ1n) is 13.1. The molecule has 9 rings (SSSR count). The van der Waals surface area contributed by atoms with Crippen LogP contribution in [0.3, 0.4) is 0 Å². The van der Waals surface area contributed by atoms with E-state index in [1.165, 1.54) is 0 Å². The van der Waals surface area contributed by atoms with Crippen LogP contribution >= 0.6 is 12.8 Å². The van der Waals surface area contributed by atoms with E-state index < -0.39 is 0 Å². The second-order valence-electron chi connectivity index (χ2n) is 9.93. The van der Waals surface area contributed by atoms with E-state index in [2.05, 4.69) is 4.98 Å². The standard InChI is InChI=1S/C32H18N8S/c41-40-31-23-15-7-8-16-24(23)32(40)39-30-22-14-6-4-12-20(22)28(37-30)35-26-18-10-2-1-9-17(18)25(33-26)34-27-19-11-3-5-13-21(19)29(36-27)38-31/h1-16,41H,(H,33,34,35,36,37,38,39). The Morgan fingerprint density at radius 1 is 0.415 bits per heavy atom. The number of nitrogens with one attached hydrogen (secondary N) is 1. The molecule has 41 heavy (non-hydrogen) atoms. The monoisotopic (exact) mass is 546 g/mol. The molecule has 0 aliphatic carbocycles. The van der Waals surface area contributed by atoms with Crippen molar-refractivity contribution in [1.82, 2.24) is 38.9 Å². The summed E-state index contributed by atoms with van der Waals surface area (Å²) in [6.07, 6.45) is 0. The van der Waals surface area contributed by atoms with Crippen molar-refractivity contribution in [3.63, 3.8) is 0 Å². The molecule has 7 aromatic rings. The van der Waals surface area contributed by atoms with Crippen molar-refractivity contribution in [2.75, 3.05) is 0 Å². The maximum atomic E-state index is 5.06. The van der Waals surface area contributed by atoms with Gasteiger partial charge in [-0.3, -0.25) is 3.97 Å². The fourth-order valence-corrected chi connectivity index (χ4v) is 5.98. The van der Waals surface area contributed by atoms with E-state index in [-0.39, 0.29) is 0 Å². The van der Waals surface area contributed by atoms with E-state index in [0.717, 1.165) is 43.8 Å². The van der Waals surface area contributed by atoms with Crippen LogP contribution in [0.15, 0.2) is 97.1 Å². The lowest BCUT2D eigenvalue weighted by atomic mass is 10.1. The van der Waals surface area contributed by atoms with E-state index in [1.54, 1.807) is 3.97 Å². The first-order valence-corrected chi connectivity index (χ1v) is 13.5. The topological polar surface area (TPSA) is 98.1 Å². The van der Waals surface area contributed by atoms with Crippen LogP contribution in [0.2, 0.25) is 0 Å². The molecule has 0 unspecified atom stereocenters. The minimum absolute atomic E-state index is 0.566. The maximum Gasteiger partial charge on any atom is 0.164 e. The molecule has 0 spiro atoms. The predicted molar refractivity (Wildman–Crippen MR) is 164 cm³/mol. The van der Waals surface area contributed by atoms with E-state index in [1.807, 2.05) is 97.1 Å². The van der Waals surface area contributed by atoms with Crippen LogP contribution in [0.5, 0.6) is 0 Å². The lowest BCUT2D eigenvalue weighted by molar-refractivity contribution is 1.18. The minimum atomic E-state index is 0.566. The summed E-state index contributed by atoms with van der Waals surface area (Å²) in [5.74, 6) is 2.29. The molecular formula is C32H18N8S. The largest absolute Gasteiger partial charge is 0.324 e. The molecule has 8 bridgehead atoms. The van der Waals surface area contributed by atoms with Crippen LogP contribution < -0.4 is 0 Å². The Morgan fingerprint density at radius 2 is 0.756 bits per heavy atom. The number of fused-ring (bicyclic) bond motifs is 20. The zero-order valence-electron chi connectivity index (χ0n) is 21.3. The van der Waals surface area contributed by atoms with Gasteiger partial charge in [-0.25, -0.2) is 29.9 Å². The normalized spacial score (nSPS) is 12.0. The highest BCUT2D eigenvalue weighted by molar-refractivity contribution is 7.79. The molecule has 2 aliphatic rings. The molecule has 0 amide bonds. The summed E-state index contributed by atoms with van der Waals surface area (Å²) in [7, 11) is 0. The Labute approximate surface area is 238 Å². The number of aromatic amines is 1. The SMILES string of the molecule is Sn1c2nc3nc(nc4[nH]c(nc5nc(nc1c1ccccc12)-c1ccccc1-5)c1ccccc41)-c1ccccc1-3. The summed E-state index contributed by atoms with van der Waals surface area (Å²) in [5, 5.41) is 3.72. The van der Waals surface area contributed by atoms with Crippen LogP contribution in [-0.2, 0) is 0 Å². The van der Waals surface area contributed by atoms with Gasteiger partial charge in [0.1, 0.15) is 11.3 Å². The lowest BCUT2D eigenvalue weighted by Crippen LogP contribution is -1.88. The summed E-state index contributed by atoms with van der Waals surface area (Å²) >= 11 is 4.89. The molecule has 192 valence electrons. The molecule has 0 radical (unpaired) electrons. The number of nitrogens with zero attached hydrogens (tertiary/aromatic N) is 7. The van der Waals surface area contributed by atoms with E-state index >= 15 is 0 Å². The first kappa shape index (κ1) is 22.4. The third-order valence-electron chi connectivity index (χ3n) is 7.58. The molecule has 5 heterocycles. The van der Waals surface area contributed by atoms with E-state index in [4.69, 9.17) is 42.7 Å². The molecule has 0 saturated carbocycles. The van der Waals surface area contributed by atoms with Crippen LogP contribution in [-0.4, -0.2) is 38.9 Å². The summed E-state index contributed by atoms with van der Waals surface area (Å²) in [5.41, 5.74) is 6.25. The quantitative estimate of drug-likeness (QED) is 0.198. The Hall–Kier alpha value is -5.41. The van der Waals surface area contributed by atoms with Crippen molar-refractivity contribution >= 4 is 56.9 Å². The first-order chi connectivity index (χ1) is 20.2. The predicted octanol–water partition coefficient (Wildman–Crippen LogP) is 7.04. The minimum Gasteiger partial charge on any atom is -0.324 e. The molecule has 2 aliphatic heterocycles. The smallest absolute Gasteiger partial charge is 0.164 e. The Kier molecular flexibility index (Phi) is 4.53. The third kappa shape index (κ3) is 3.23. The van der Waals surface area contributed by atoms with Crippen molar-refractivity contribution < 1.29 is 0 Å². The van der Waals surface area contributed by atoms with Gasteiger partial charge in [-0.05, 0) is 0 Å². The van der Waals surface area contributed by atoms with Crippen LogP contribution in [0, 0.1) is 0 Å². The summed E-state index contributed by atoms with van der Waals surface area (Å²) < 4.78 is 1.71. The van der Waals surface area contributed by atoms with Gasteiger partial charge in [-0.2, -0.15) is 0 Å². The summed E-state index contributed by atoms with van der Waals surface area (Å²) in [4.78, 5) is 33.4. The number of thiol groups is 1. The van der Waals surface area contributed by atoms with Crippen molar-refractivity contribution in [1.29, 1.82) is 0 Å². The number of rotatable bonds is 0. The molecule has 1 N–H and O–H groups in total. The van der Waals surface area contributed by atoms with Crippen molar-refractivity contribution in [3.05, 3.63) is 97.1 Å². The number of hydrogen-bond donors (Lipinski definition) is 2. The maximum absolute atomic E-state index is 5.06. The molecule has 9 heteroatoms. The number of aromatic nitrogens is 8. The zero-order valence-corrected chi connectivity index (χ0v) is 22.2. The number of hydrogen-bond acceptors (Lipinski definition) is 7. The molecule has 0 saturated heterocycles. The molecule has 0 fully saturated rings. The van der Waals surface area contributed by atoms with E-state index in [9.17, 15) is 0 Å². The van der Waals surface area contributed by atoms with Gasteiger partial charge >= 0.3 is 0 Å². The van der Waals surface area contributed by atoms with Gasteiger partial charge in [-0.15, -0.1) is 0 Å². The van der Waals surface area contributed by atoms with Crippen LogP contribution in [0.4, 0.5) is 0 Å². The molecule has 0 atom stereocenters. The Morgan fingerprint density at radius 3 is 1.17 bits per heavy atom. The van der Waals surface area contributed by atoms with Crippen LogP contribution in [0.25, 0.3) is 89.7 Å². The molecule has 3 aromatic heterocycles. The average molecular weight is 547 g/mol. The highest BCUT2D eigenvalue weighted by Gasteiger charge is 2.22. The highest BCUT2D eigenvalue weighted by atomic mass is 32.1. The second kappa shape index (κ2) is 8.30. The Balaban J connectivity index is 1.53. The summed E-state index contributed by atoms with van der Waals surface area (Å²) in [6.45, 7) is 0. The van der Waals surface area contributed by atoms with Gasteiger partial charge in [0, 0.05) is 43.8 Å². The molecule has 4 aromatic carbocycles. The summed E-state index contributed by atoms with van der Waals surface area (Å²) in [6, 6.07) is 32.1. The van der Waals surface area contributed by atoms with Gasteiger partial charge in [0.05, 0.1) is 0 Å². The third-order valence-corrected chi connectivity index (χ3v) is 7.96. The molecular weight excluding hydrogens is 528 g/mol. The molecule has 8 nitrogen and oxygen atoms in total. The van der Waals surface area contributed by atoms with Gasteiger partial charge in [-0.1, -0.05) is 110 Å². The zero-order chi connectivity index (χ0) is 27.1. The van der Waals surface area contributed by atoms with Crippen molar-refractivity contribution in [2.24, 2.45) is 0 Å². The fourth-order valence-electron chi connectivity index (χ4n) is 5.68. The van der Waals surface area contributed by atoms with Gasteiger partial charge < -0.3 is 4.98 Å². The van der Waals surface area contributed by atoms with Gasteiger partial charge in [0.15, 0.2) is 34.6 Å².